The van der Waals surface area contributed by atoms with Gasteiger partial charge >= 0.3 is 0 Å². The SMILES string of the molecule is O=S(=O)(Nc1ccc(Cl)cc1NS(=O)(=O)C1Cc2ccccc2O1)c1cccc2cccnc12. The van der Waals surface area contributed by atoms with Gasteiger partial charge in [0.15, 0.2) is 0 Å². The molecule has 2 N–H and O–H groups in total. The van der Waals surface area contributed by atoms with Crippen molar-refractivity contribution in [3.63, 3.8) is 0 Å². The van der Waals surface area contributed by atoms with Gasteiger partial charge in [-0.15, -0.1) is 0 Å². The third-order valence-electron chi connectivity index (χ3n) is 5.33. The summed E-state index contributed by atoms with van der Waals surface area (Å²) in [6, 6.07) is 19.5. The van der Waals surface area contributed by atoms with Crippen LogP contribution in [0.5, 0.6) is 5.75 Å². The maximum atomic E-state index is 13.2. The largest absolute Gasteiger partial charge is 0.472 e. The van der Waals surface area contributed by atoms with Crippen LogP contribution in [-0.2, 0) is 26.5 Å². The van der Waals surface area contributed by atoms with Crippen molar-refractivity contribution in [2.45, 2.75) is 16.8 Å². The molecule has 3 aromatic carbocycles. The van der Waals surface area contributed by atoms with Crippen LogP contribution < -0.4 is 14.2 Å². The summed E-state index contributed by atoms with van der Waals surface area (Å²) in [4.78, 5) is 4.15. The van der Waals surface area contributed by atoms with Gasteiger partial charge in [0.05, 0.1) is 16.9 Å². The third kappa shape index (κ3) is 4.27. The predicted molar refractivity (Wildman–Crippen MR) is 131 cm³/mol. The highest BCUT2D eigenvalue weighted by atomic mass is 35.5. The number of sulfonamides is 2. The Labute approximate surface area is 201 Å². The van der Waals surface area contributed by atoms with Crippen LogP contribution in [0.25, 0.3) is 10.9 Å². The van der Waals surface area contributed by atoms with Crippen molar-refractivity contribution in [3.8, 4) is 5.75 Å². The first-order valence-corrected chi connectivity index (χ1v) is 13.6. The lowest BCUT2D eigenvalue weighted by molar-refractivity contribution is 0.307. The number of hydrogen-bond donors (Lipinski definition) is 2. The molecule has 0 saturated carbocycles. The molecule has 4 aromatic rings. The van der Waals surface area contributed by atoms with E-state index in [1.165, 1.54) is 30.5 Å². The Morgan fingerprint density at radius 1 is 0.882 bits per heavy atom. The number of para-hydroxylation sites is 2. The van der Waals surface area contributed by atoms with Gasteiger partial charge in [0.25, 0.3) is 20.0 Å². The number of fused-ring (bicyclic) bond motifs is 2. The Hall–Kier alpha value is -3.34. The molecule has 5 rings (SSSR count). The average molecular weight is 516 g/mol. The van der Waals surface area contributed by atoms with Gasteiger partial charge in [-0.2, -0.15) is 0 Å². The third-order valence-corrected chi connectivity index (χ3v) is 8.42. The van der Waals surface area contributed by atoms with E-state index < -0.39 is 25.5 Å². The Bertz CT molecular complexity index is 1590. The second-order valence-electron chi connectivity index (χ2n) is 7.63. The molecule has 0 fully saturated rings. The summed E-state index contributed by atoms with van der Waals surface area (Å²) in [7, 11) is -8.17. The number of ether oxygens (including phenoxy) is 1. The van der Waals surface area contributed by atoms with Gasteiger partial charge in [-0.05, 0) is 42.0 Å². The monoisotopic (exact) mass is 515 g/mol. The zero-order valence-electron chi connectivity index (χ0n) is 17.5. The van der Waals surface area contributed by atoms with E-state index in [1.54, 1.807) is 48.5 Å². The number of nitrogens with one attached hydrogen (secondary N) is 2. The summed E-state index contributed by atoms with van der Waals surface area (Å²) in [5.41, 5.74) is -0.116. The van der Waals surface area contributed by atoms with Gasteiger partial charge < -0.3 is 4.74 Å². The molecule has 34 heavy (non-hydrogen) atoms. The van der Waals surface area contributed by atoms with Crippen molar-refractivity contribution in [1.82, 2.24) is 4.98 Å². The average Bonchev–Trinajstić information content (AvgIpc) is 3.26. The van der Waals surface area contributed by atoms with Crippen molar-refractivity contribution in [1.29, 1.82) is 0 Å². The van der Waals surface area contributed by atoms with Gasteiger partial charge in [-0.3, -0.25) is 14.4 Å². The minimum Gasteiger partial charge on any atom is -0.472 e. The van der Waals surface area contributed by atoms with Gasteiger partial charge in [-0.1, -0.05) is 48.0 Å². The molecule has 1 aliphatic heterocycles. The van der Waals surface area contributed by atoms with E-state index in [0.29, 0.717) is 16.7 Å². The Balaban J connectivity index is 1.47. The fourth-order valence-electron chi connectivity index (χ4n) is 3.73. The van der Waals surface area contributed by atoms with E-state index in [9.17, 15) is 16.8 Å². The van der Waals surface area contributed by atoms with Crippen molar-refractivity contribution in [2.24, 2.45) is 0 Å². The van der Waals surface area contributed by atoms with E-state index in [2.05, 4.69) is 14.4 Å². The molecule has 174 valence electrons. The maximum absolute atomic E-state index is 13.2. The summed E-state index contributed by atoms with van der Waals surface area (Å²) in [6.07, 6.45) is 1.66. The number of aromatic nitrogens is 1. The summed E-state index contributed by atoms with van der Waals surface area (Å²) in [5.74, 6) is 0.494. The molecule has 1 aromatic heterocycles. The van der Waals surface area contributed by atoms with E-state index >= 15 is 0 Å². The lowest BCUT2D eigenvalue weighted by Crippen LogP contribution is -2.31. The van der Waals surface area contributed by atoms with Crippen LogP contribution in [0.1, 0.15) is 5.56 Å². The molecule has 0 amide bonds. The topological polar surface area (TPSA) is 114 Å². The highest BCUT2D eigenvalue weighted by molar-refractivity contribution is 7.93. The number of anilines is 2. The molecule has 0 radical (unpaired) electrons. The highest BCUT2D eigenvalue weighted by Gasteiger charge is 2.34. The number of hydrogen-bond acceptors (Lipinski definition) is 6. The molecule has 0 spiro atoms. The second kappa shape index (κ2) is 8.46. The number of rotatable bonds is 6. The number of nitrogens with zero attached hydrogens (tertiary/aromatic N) is 1. The van der Waals surface area contributed by atoms with E-state index in [4.69, 9.17) is 16.3 Å². The number of pyridine rings is 1. The van der Waals surface area contributed by atoms with Crippen molar-refractivity contribution in [3.05, 3.63) is 89.6 Å². The predicted octanol–water partition coefficient (Wildman–Crippen LogP) is 4.39. The summed E-state index contributed by atoms with van der Waals surface area (Å²) in [6.45, 7) is 0. The summed E-state index contributed by atoms with van der Waals surface area (Å²) >= 11 is 6.09. The zero-order valence-corrected chi connectivity index (χ0v) is 19.9. The van der Waals surface area contributed by atoms with Crippen LogP contribution in [0.2, 0.25) is 5.02 Å². The minimum absolute atomic E-state index is 0.0106. The highest BCUT2D eigenvalue weighted by Crippen LogP contribution is 2.34. The molecule has 0 aliphatic carbocycles. The van der Waals surface area contributed by atoms with Crippen LogP contribution >= 0.6 is 11.6 Å². The molecular formula is C23H18ClN3O5S2. The van der Waals surface area contributed by atoms with E-state index in [-0.39, 0.29) is 27.7 Å². The van der Waals surface area contributed by atoms with E-state index in [1.807, 2.05) is 0 Å². The van der Waals surface area contributed by atoms with E-state index in [0.717, 1.165) is 5.56 Å². The Morgan fingerprint density at radius 2 is 1.68 bits per heavy atom. The molecule has 11 heteroatoms. The standard InChI is InChI=1S/C23H18ClN3O5S2/c24-17-10-11-18(26-33(28,29)21-9-3-6-15-7-4-12-25-23(15)21)19(14-17)27-34(30,31)22-13-16-5-1-2-8-20(16)32-22/h1-12,14,22,26-27H,13H2. The molecule has 1 unspecified atom stereocenters. The quantitative estimate of drug-likeness (QED) is 0.393. The van der Waals surface area contributed by atoms with Crippen LogP contribution in [0, 0.1) is 0 Å². The summed E-state index contributed by atoms with van der Waals surface area (Å²) < 4.78 is 63.1. The smallest absolute Gasteiger partial charge is 0.271 e. The second-order valence-corrected chi connectivity index (χ2v) is 11.5. The van der Waals surface area contributed by atoms with Crippen molar-refractivity contribution >= 4 is 53.9 Å². The van der Waals surface area contributed by atoms with Gasteiger partial charge in [-0.25, -0.2) is 16.8 Å². The van der Waals surface area contributed by atoms with Gasteiger partial charge in [0, 0.05) is 23.0 Å². The minimum atomic E-state index is -4.12. The van der Waals surface area contributed by atoms with Gasteiger partial charge in [0.2, 0.25) is 5.44 Å². The first kappa shape index (κ1) is 22.5. The molecule has 1 atom stereocenters. The Morgan fingerprint density at radius 3 is 2.50 bits per heavy atom. The maximum Gasteiger partial charge on any atom is 0.271 e. The van der Waals surface area contributed by atoms with Crippen molar-refractivity contribution in [2.75, 3.05) is 9.44 Å². The molecule has 8 nitrogen and oxygen atoms in total. The number of benzene rings is 3. The lowest BCUT2D eigenvalue weighted by Gasteiger charge is -2.18. The van der Waals surface area contributed by atoms with Crippen LogP contribution in [0.15, 0.2) is 83.9 Å². The fourth-order valence-corrected chi connectivity index (χ4v) is 6.39. The first-order valence-electron chi connectivity index (χ1n) is 10.2. The lowest BCUT2D eigenvalue weighted by atomic mass is 10.2. The summed E-state index contributed by atoms with van der Waals surface area (Å²) in [5, 5.41) is 0.878. The molecule has 0 bridgehead atoms. The molecule has 1 aliphatic rings. The van der Waals surface area contributed by atoms with Gasteiger partial charge in [0.1, 0.15) is 10.6 Å². The molecular weight excluding hydrogens is 498 g/mol. The first-order chi connectivity index (χ1) is 16.2. The van der Waals surface area contributed by atoms with Crippen LogP contribution in [0.4, 0.5) is 11.4 Å². The fraction of sp³-hybridized carbons (Fsp3) is 0.0870. The van der Waals surface area contributed by atoms with Crippen LogP contribution in [0.3, 0.4) is 0 Å². The zero-order chi connectivity index (χ0) is 23.9. The molecule has 0 saturated heterocycles. The van der Waals surface area contributed by atoms with Crippen molar-refractivity contribution < 1.29 is 21.6 Å². The van der Waals surface area contributed by atoms with Crippen LogP contribution in [-0.4, -0.2) is 27.3 Å². The number of halogens is 1. The Kier molecular flexibility index (Phi) is 5.59. The normalized spacial score (nSPS) is 15.5. The molecule has 2 heterocycles.